The smallest absolute Gasteiger partial charge is 0.261 e. The van der Waals surface area contributed by atoms with Crippen LogP contribution < -0.4 is 9.46 Å². The molecule has 0 unspecified atom stereocenters. The fourth-order valence-corrected chi connectivity index (χ4v) is 4.60. The number of sulfonamides is 2. The van der Waals surface area contributed by atoms with Crippen molar-refractivity contribution in [1.29, 1.82) is 0 Å². The van der Waals surface area contributed by atoms with E-state index in [1.165, 1.54) is 51.5 Å². The number of methoxy groups -OCH3 is 1. The Morgan fingerprint density at radius 2 is 1.63 bits per heavy atom. The molecule has 0 amide bonds. The molecule has 0 aliphatic heterocycles. The third-order valence-electron chi connectivity index (χ3n) is 3.95. The highest BCUT2D eigenvalue weighted by atomic mass is 32.2. The molecule has 148 valence electrons. The highest BCUT2D eigenvalue weighted by Gasteiger charge is 2.24. The van der Waals surface area contributed by atoms with E-state index in [4.69, 9.17) is 4.74 Å². The normalized spacial score (nSPS) is 12.2. The molecule has 0 heterocycles. The van der Waals surface area contributed by atoms with Gasteiger partial charge in [-0.1, -0.05) is 25.5 Å². The van der Waals surface area contributed by atoms with Gasteiger partial charge in [0.25, 0.3) is 10.0 Å². The largest absolute Gasteiger partial charge is 0.495 e. The molecule has 0 atom stereocenters. The van der Waals surface area contributed by atoms with Crippen molar-refractivity contribution in [2.24, 2.45) is 0 Å². The minimum Gasteiger partial charge on any atom is -0.495 e. The number of hydrogen-bond acceptors (Lipinski definition) is 5. The van der Waals surface area contributed by atoms with Gasteiger partial charge in [0.2, 0.25) is 10.0 Å². The van der Waals surface area contributed by atoms with E-state index in [2.05, 4.69) is 11.6 Å². The number of anilines is 1. The van der Waals surface area contributed by atoms with Crippen molar-refractivity contribution >= 4 is 25.7 Å². The minimum absolute atomic E-state index is 0.107. The van der Waals surface area contributed by atoms with Gasteiger partial charge in [0, 0.05) is 14.1 Å². The van der Waals surface area contributed by atoms with Crippen molar-refractivity contribution in [3.63, 3.8) is 0 Å². The lowest BCUT2D eigenvalue weighted by Crippen LogP contribution is -2.23. The molecule has 0 spiro atoms. The molecule has 1 N–H and O–H groups in total. The van der Waals surface area contributed by atoms with E-state index in [0.717, 1.165) is 22.7 Å². The van der Waals surface area contributed by atoms with Gasteiger partial charge in [-0.3, -0.25) is 4.72 Å². The Bertz CT molecular complexity index is 999. The monoisotopic (exact) mass is 412 g/mol. The molecule has 0 aliphatic carbocycles. The molecule has 0 aromatic heterocycles. The van der Waals surface area contributed by atoms with Crippen LogP contribution in [0.25, 0.3) is 0 Å². The van der Waals surface area contributed by atoms with Crippen LogP contribution >= 0.6 is 0 Å². The second-order valence-electron chi connectivity index (χ2n) is 6.15. The van der Waals surface area contributed by atoms with E-state index in [0.29, 0.717) is 0 Å². The number of benzene rings is 2. The molecule has 0 saturated heterocycles. The van der Waals surface area contributed by atoms with Crippen LogP contribution in [0.1, 0.15) is 18.9 Å². The van der Waals surface area contributed by atoms with Crippen molar-refractivity contribution in [3.05, 3.63) is 48.0 Å². The Morgan fingerprint density at radius 1 is 1.00 bits per heavy atom. The average molecular weight is 413 g/mol. The van der Waals surface area contributed by atoms with Crippen molar-refractivity contribution in [1.82, 2.24) is 4.31 Å². The summed E-state index contributed by atoms with van der Waals surface area (Å²) in [6.07, 6.45) is 1.84. The number of hydrogen-bond donors (Lipinski definition) is 1. The zero-order valence-corrected chi connectivity index (χ0v) is 17.4. The Hall–Kier alpha value is -2.10. The maximum absolute atomic E-state index is 12.6. The molecule has 0 aliphatic rings. The quantitative estimate of drug-likeness (QED) is 0.720. The molecule has 2 aromatic carbocycles. The summed E-state index contributed by atoms with van der Waals surface area (Å²) >= 11 is 0. The zero-order chi connectivity index (χ0) is 20.2. The van der Waals surface area contributed by atoms with Crippen molar-refractivity contribution in [2.75, 3.05) is 25.9 Å². The van der Waals surface area contributed by atoms with E-state index in [9.17, 15) is 16.8 Å². The summed E-state index contributed by atoms with van der Waals surface area (Å²) in [6, 6.07) is 10.7. The lowest BCUT2D eigenvalue weighted by atomic mass is 10.1. The van der Waals surface area contributed by atoms with E-state index in [1.807, 2.05) is 0 Å². The first-order valence-electron chi connectivity index (χ1n) is 8.34. The topological polar surface area (TPSA) is 92.8 Å². The second-order valence-corrected chi connectivity index (χ2v) is 9.96. The molecule has 0 bridgehead atoms. The fraction of sp³-hybridized carbons (Fsp3) is 0.333. The van der Waals surface area contributed by atoms with Gasteiger partial charge >= 0.3 is 0 Å². The molecule has 7 nitrogen and oxygen atoms in total. The summed E-state index contributed by atoms with van der Waals surface area (Å²) in [5, 5.41) is 0. The van der Waals surface area contributed by atoms with Crippen LogP contribution in [-0.4, -0.2) is 42.3 Å². The van der Waals surface area contributed by atoms with Gasteiger partial charge in [-0.25, -0.2) is 21.1 Å². The molecular formula is C18H24N2O5S2. The lowest BCUT2D eigenvalue weighted by Gasteiger charge is -2.16. The third kappa shape index (κ3) is 4.79. The highest BCUT2D eigenvalue weighted by Crippen LogP contribution is 2.29. The zero-order valence-electron chi connectivity index (χ0n) is 15.8. The Kier molecular flexibility index (Phi) is 6.50. The molecule has 0 fully saturated rings. The van der Waals surface area contributed by atoms with Crippen molar-refractivity contribution < 1.29 is 21.6 Å². The van der Waals surface area contributed by atoms with Gasteiger partial charge < -0.3 is 4.74 Å². The van der Waals surface area contributed by atoms with Crippen molar-refractivity contribution in [2.45, 2.75) is 29.6 Å². The minimum atomic E-state index is -3.85. The van der Waals surface area contributed by atoms with Crippen LogP contribution in [0.2, 0.25) is 0 Å². The number of ether oxygens (including phenoxy) is 1. The molecule has 0 radical (unpaired) electrons. The van der Waals surface area contributed by atoms with Crippen LogP contribution in [-0.2, 0) is 26.5 Å². The summed E-state index contributed by atoms with van der Waals surface area (Å²) in [5.41, 5.74) is 1.19. The summed E-state index contributed by atoms with van der Waals surface area (Å²) < 4.78 is 58.7. The van der Waals surface area contributed by atoms with Gasteiger partial charge in [-0.15, -0.1) is 0 Å². The number of nitrogens with zero attached hydrogens (tertiary/aromatic N) is 1. The van der Waals surface area contributed by atoms with E-state index < -0.39 is 20.0 Å². The van der Waals surface area contributed by atoms with Crippen LogP contribution in [0.5, 0.6) is 5.75 Å². The maximum Gasteiger partial charge on any atom is 0.261 e. The molecule has 2 rings (SSSR count). The maximum atomic E-state index is 12.6. The van der Waals surface area contributed by atoms with Gasteiger partial charge in [0.1, 0.15) is 10.6 Å². The van der Waals surface area contributed by atoms with E-state index >= 15 is 0 Å². The fourth-order valence-electron chi connectivity index (χ4n) is 2.48. The van der Waals surface area contributed by atoms with E-state index in [-0.39, 0.29) is 21.2 Å². The number of rotatable bonds is 8. The summed E-state index contributed by atoms with van der Waals surface area (Å²) in [5.74, 6) is 0.135. The number of nitrogens with one attached hydrogen (secondary N) is 1. The van der Waals surface area contributed by atoms with Crippen LogP contribution in [0.15, 0.2) is 52.3 Å². The van der Waals surface area contributed by atoms with E-state index in [1.54, 1.807) is 12.1 Å². The molecule has 9 heteroatoms. The lowest BCUT2D eigenvalue weighted by molar-refractivity contribution is 0.400. The average Bonchev–Trinajstić information content (AvgIpc) is 2.62. The molecule has 2 aromatic rings. The standard InChI is InChI=1S/C18H24N2O5S2/c1-5-6-14-7-10-16(11-8-14)26(21,22)19-15-9-12-17(25-4)18(13-15)27(23,24)20(2)3/h7-13,19H,5-6H2,1-4H3. The second kappa shape index (κ2) is 8.28. The molecule has 0 saturated carbocycles. The predicted molar refractivity (Wildman–Crippen MR) is 105 cm³/mol. The SMILES string of the molecule is CCCc1ccc(S(=O)(=O)Nc2ccc(OC)c(S(=O)(=O)N(C)C)c2)cc1. The van der Waals surface area contributed by atoms with Gasteiger partial charge in [-0.2, -0.15) is 0 Å². The summed E-state index contributed by atoms with van der Waals surface area (Å²) in [4.78, 5) is -0.0105. The van der Waals surface area contributed by atoms with Gasteiger partial charge in [0.15, 0.2) is 0 Å². The summed E-state index contributed by atoms with van der Waals surface area (Å²) in [6.45, 7) is 2.05. The molecule has 27 heavy (non-hydrogen) atoms. The predicted octanol–water partition coefficient (Wildman–Crippen LogP) is 2.70. The van der Waals surface area contributed by atoms with Crippen LogP contribution in [0.4, 0.5) is 5.69 Å². The summed E-state index contributed by atoms with van der Waals surface area (Å²) in [7, 11) is -3.51. The molecular weight excluding hydrogens is 388 g/mol. The Labute approximate surface area is 161 Å². The van der Waals surface area contributed by atoms with Crippen LogP contribution in [0.3, 0.4) is 0 Å². The Morgan fingerprint density at radius 3 is 2.15 bits per heavy atom. The highest BCUT2D eigenvalue weighted by molar-refractivity contribution is 7.92. The first kappa shape index (κ1) is 21.2. The van der Waals surface area contributed by atoms with Gasteiger partial charge in [-0.05, 0) is 42.3 Å². The van der Waals surface area contributed by atoms with Crippen molar-refractivity contribution in [3.8, 4) is 5.75 Å². The third-order valence-corrected chi connectivity index (χ3v) is 7.18. The Balaban J connectivity index is 2.39. The van der Waals surface area contributed by atoms with Gasteiger partial charge in [0.05, 0.1) is 17.7 Å². The first-order valence-corrected chi connectivity index (χ1v) is 11.3. The number of aryl methyl sites for hydroxylation is 1. The first-order chi connectivity index (χ1) is 12.6. The van der Waals surface area contributed by atoms with Crippen LogP contribution in [0, 0.1) is 0 Å².